The number of halogens is 1. The molecule has 32 heavy (non-hydrogen) atoms. The number of rotatable bonds is 8. The number of anilines is 1. The molecular formula is C25H30FN3O3. The number of likely N-dealkylation sites (N-methyl/N-ethyl adjacent to an activating group) is 1. The molecule has 0 aliphatic carbocycles. The molecule has 1 aliphatic rings. The lowest BCUT2D eigenvalue weighted by Gasteiger charge is -2.20. The maximum Gasteiger partial charge on any atom is 0.262 e. The summed E-state index contributed by atoms with van der Waals surface area (Å²) in [6.45, 7) is 3.55. The predicted octanol–water partition coefficient (Wildman–Crippen LogP) is 3.47. The van der Waals surface area contributed by atoms with E-state index in [1.807, 2.05) is 24.9 Å². The third-order valence-corrected chi connectivity index (χ3v) is 6.14. The molecule has 1 saturated heterocycles. The van der Waals surface area contributed by atoms with Gasteiger partial charge in [0.1, 0.15) is 17.7 Å². The minimum absolute atomic E-state index is 0.0535. The Morgan fingerprint density at radius 1 is 1.25 bits per heavy atom. The molecule has 1 unspecified atom stereocenters. The van der Waals surface area contributed by atoms with Gasteiger partial charge in [-0.3, -0.25) is 9.36 Å². The molecule has 0 bridgehead atoms. The van der Waals surface area contributed by atoms with Crippen LogP contribution in [0, 0.1) is 5.82 Å². The highest BCUT2D eigenvalue weighted by molar-refractivity contribution is 5.83. The number of aliphatic hydroxyl groups is 1. The molecule has 1 fully saturated rings. The Labute approximate surface area is 187 Å². The first-order chi connectivity index (χ1) is 15.5. The minimum atomic E-state index is -0.332. The first kappa shape index (κ1) is 22.3. The van der Waals surface area contributed by atoms with Gasteiger partial charge in [0.25, 0.3) is 5.56 Å². The van der Waals surface area contributed by atoms with Crippen LogP contribution < -0.4 is 20.5 Å². The molecule has 3 aromatic rings. The van der Waals surface area contributed by atoms with Crippen molar-refractivity contribution in [3.8, 4) is 11.4 Å². The number of hydrogen-bond donors (Lipinski definition) is 2. The zero-order chi connectivity index (χ0) is 22.7. The molecule has 2 N–H and O–H groups in total. The van der Waals surface area contributed by atoms with Crippen LogP contribution in [0.4, 0.5) is 10.1 Å². The largest absolute Gasteiger partial charge is 0.488 e. The van der Waals surface area contributed by atoms with E-state index in [2.05, 4.69) is 5.32 Å². The van der Waals surface area contributed by atoms with Crippen molar-refractivity contribution < 1.29 is 14.2 Å². The first-order valence-corrected chi connectivity index (χ1v) is 11.2. The molecule has 7 heteroatoms. The number of aliphatic hydroxyl groups excluding tert-OH is 1. The van der Waals surface area contributed by atoms with Crippen molar-refractivity contribution >= 4 is 16.5 Å². The minimum Gasteiger partial charge on any atom is -0.488 e. The van der Waals surface area contributed by atoms with Gasteiger partial charge in [0, 0.05) is 36.8 Å². The monoisotopic (exact) mass is 439 g/mol. The fraction of sp³-hybridized carbons (Fsp3) is 0.400. The molecule has 0 saturated carbocycles. The summed E-state index contributed by atoms with van der Waals surface area (Å²) in [4.78, 5) is 15.1. The number of benzene rings is 2. The number of fused-ring (bicyclic) bond motifs is 1. The molecule has 4 rings (SSSR count). The van der Waals surface area contributed by atoms with Crippen LogP contribution in [0.15, 0.2) is 53.5 Å². The average Bonchev–Trinajstić information content (AvgIpc) is 3.28. The van der Waals surface area contributed by atoms with Gasteiger partial charge in [-0.15, -0.1) is 0 Å². The van der Waals surface area contributed by atoms with Crippen molar-refractivity contribution in [3.05, 3.63) is 64.8 Å². The summed E-state index contributed by atoms with van der Waals surface area (Å²) in [7, 11) is 1.92. The maximum absolute atomic E-state index is 14.9. The lowest BCUT2D eigenvalue weighted by molar-refractivity contribution is 0.108. The van der Waals surface area contributed by atoms with Crippen LogP contribution in [-0.4, -0.2) is 48.6 Å². The van der Waals surface area contributed by atoms with Gasteiger partial charge < -0.3 is 20.1 Å². The number of ether oxygens (including phenoxy) is 1. The van der Waals surface area contributed by atoms with E-state index in [9.17, 15) is 14.3 Å². The number of nitrogens with one attached hydrogen (secondary N) is 1. The van der Waals surface area contributed by atoms with Crippen LogP contribution in [0.1, 0.15) is 26.2 Å². The Hall–Kier alpha value is -2.90. The van der Waals surface area contributed by atoms with Gasteiger partial charge in [0.2, 0.25) is 0 Å². The van der Waals surface area contributed by atoms with E-state index in [-0.39, 0.29) is 24.1 Å². The zero-order valence-corrected chi connectivity index (χ0v) is 18.6. The number of aromatic nitrogens is 1. The van der Waals surface area contributed by atoms with E-state index in [0.717, 1.165) is 37.7 Å². The van der Waals surface area contributed by atoms with Crippen molar-refractivity contribution in [2.24, 2.45) is 0 Å². The van der Waals surface area contributed by atoms with Crippen LogP contribution in [0.25, 0.3) is 16.5 Å². The van der Waals surface area contributed by atoms with Crippen LogP contribution in [0.3, 0.4) is 0 Å². The summed E-state index contributed by atoms with van der Waals surface area (Å²) in [6.07, 6.45) is 4.03. The molecule has 2 heterocycles. The van der Waals surface area contributed by atoms with Crippen LogP contribution in [0.2, 0.25) is 0 Å². The van der Waals surface area contributed by atoms with Gasteiger partial charge in [-0.05, 0) is 61.7 Å². The zero-order valence-electron chi connectivity index (χ0n) is 18.6. The second-order valence-electron chi connectivity index (χ2n) is 8.31. The molecule has 1 aromatic heterocycles. The maximum atomic E-state index is 14.9. The van der Waals surface area contributed by atoms with Gasteiger partial charge in [-0.25, -0.2) is 4.39 Å². The van der Waals surface area contributed by atoms with E-state index >= 15 is 0 Å². The number of pyridine rings is 1. The molecule has 1 aliphatic heterocycles. The highest BCUT2D eigenvalue weighted by Gasteiger charge is 2.23. The van der Waals surface area contributed by atoms with Crippen molar-refractivity contribution in [3.63, 3.8) is 0 Å². The van der Waals surface area contributed by atoms with Gasteiger partial charge in [-0.2, -0.15) is 0 Å². The molecular weight excluding hydrogens is 409 g/mol. The standard InChI is InChI=1S/C25H30FN3O3/c1-3-4-21(16-30)32-20-6-7-22-17(13-20)9-12-29(25(22)31)19-5-8-24(23(26)14-19)28-11-10-18(15-28)27-2/h5-9,12-14,18,21,27,30H,3-4,10-11,15-16H2,1-2H3/t18-,21?/m1/s1. The van der Waals surface area contributed by atoms with E-state index in [1.54, 1.807) is 36.5 Å². The van der Waals surface area contributed by atoms with Gasteiger partial charge >= 0.3 is 0 Å². The van der Waals surface area contributed by atoms with E-state index < -0.39 is 0 Å². The average molecular weight is 440 g/mol. The van der Waals surface area contributed by atoms with E-state index in [0.29, 0.717) is 28.6 Å². The summed E-state index contributed by atoms with van der Waals surface area (Å²) in [5, 5.41) is 14.0. The molecule has 0 amide bonds. The Balaban J connectivity index is 1.61. The third-order valence-electron chi connectivity index (χ3n) is 6.14. The summed E-state index contributed by atoms with van der Waals surface area (Å²) in [6, 6.07) is 12.4. The Morgan fingerprint density at radius 3 is 2.78 bits per heavy atom. The fourth-order valence-electron chi connectivity index (χ4n) is 4.32. The smallest absolute Gasteiger partial charge is 0.262 e. The summed E-state index contributed by atoms with van der Waals surface area (Å²) >= 11 is 0. The summed E-state index contributed by atoms with van der Waals surface area (Å²) < 4.78 is 22.2. The second kappa shape index (κ2) is 9.71. The summed E-state index contributed by atoms with van der Waals surface area (Å²) in [5.41, 5.74) is 0.837. The lowest BCUT2D eigenvalue weighted by Crippen LogP contribution is -2.29. The van der Waals surface area contributed by atoms with Crippen LogP contribution >= 0.6 is 0 Å². The van der Waals surface area contributed by atoms with E-state index in [4.69, 9.17) is 4.74 Å². The first-order valence-electron chi connectivity index (χ1n) is 11.2. The predicted molar refractivity (Wildman–Crippen MR) is 126 cm³/mol. The highest BCUT2D eigenvalue weighted by atomic mass is 19.1. The molecule has 0 radical (unpaired) electrons. The normalized spacial score (nSPS) is 17.1. The number of hydrogen-bond acceptors (Lipinski definition) is 5. The highest BCUT2D eigenvalue weighted by Crippen LogP contribution is 2.26. The summed E-state index contributed by atoms with van der Waals surface area (Å²) in [5.74, 6) is 0.281. The van der Waals surface area contributed by atoms with Gasteiger partial charge in [0.15, 0.2) is 0 Å². The molecule has 6 nitrogen and oxygen atoms in total. The molecule has 2 aromatic carbocycles. The SMILES string of the molecule is CCCC(CO)Oc1ccc2c(=O)n(-c3ccc(N4CC[C@@H](NC)C4)c(F)c3)ccc2c1. The van der Waals surface area contributed by atoms with E-state index in [1.165, 1.54) is 10.6 Å². The molecule has 2 atom stereocenters. The quantitative estimate of drug-likeness (QED) is 0.563. The van der Waals surface area contributed by atoms with Gasteiger partial charge in [0.05, 0.1) is 18.0 Å². The number of nitrogens with zero attached hydrogens (tertiary/aromatic N) is 2. The topological polar surface area (TPSA) is 66.7 Å². The van der Waals surface area contributed by atoms with Crippen molar-refractivity contribution in [1.82, 2.24) is 9.88 Å². The fourth-order valence-corrected chi connectivity index (χ4v) is 4.32. The van der Waals surface area contributed by atoms with Crippen LogP contribution in [-0.2, 0) is 0 Å². The second-order valence-corrected chi connectivity index (χ2v) is 8.31. The van der Waals surface area contributed by atoms with Crippen molar-refractivity contribution in [1.29, 1.82) is 0 Å². The third kappa shape index (κ3) is 4.49. The Morgan fingerprint density at radius 2 is 2.09 bits per heavy atom. The van der Waals surface area contributed by atoms with Gasteiger partial charge in [-0.1, -0.05) is 13.3 Å². The van der Waals surface area contributed by atoms with Crippen molar-refractivity contribution in [2.75, 3.05) is 31.6 Å². The van der Waals surface area contributed by atoms with Crippen LogP contribution in [0.5, 0.6) is 5.75 Å². The molecule has 170 valence electrons. The molecule has 0 spiro atoms. The van der Waals surface area contributed by atoms with Crippen molar-refractivity contribution in [2.45, 2.75) is 38.3 Å². The lowest BCUT2D eigenvalue weighted by atomic mass is 10.1. The Kier molecular flexibility index (Phi) is 6.77. The Bertz CT molecular complexity index is 1150.